The molecular weight excluding hydrogens is 383 g/mol. The minimum Gasteiger partial charge on any atom is -0.406 e. The molecule has 1 atom stereocenters. The fourth-order valence-electron chi connectivity index (χ4n) is 3.19. The van der Waals surface area contributed by atoms with Crippen LogP contribution in [0.25, 0.3) is 0 Å². The molecule has 0 aliphatic carbocycles. The molecule has 0 saturated carbocycles. The summed E-state index contributed by atoms with van der Waals surface area (Å²) in [5.74, 6) is 0.306. The first kappa shape index (κ1) is 21.1. The zero-order valence-corrected chi connectivity index (χ0v) is 16.7. The SMILES string of the molecule is CC(C)c1cc(CCc2ncc(C(=O)N3CCC3C)cn2)cc(OC(F)(F)F)c1. The number of hydrogen-bond acceptors (Lipinski definition) is 4. The van der Waals surface area contributed by atoms with Crippen LogP contribution < -0.4 is 4.74 Å². The zero-order chi connectivity index (χ0) is 21.2. The van der Waals surface area contributed by atoms with Crippen LogP contribution in [-0.2, 0) is 12.8 Å². The van der Waals surface area contributed by atoms with Gasteiger partial charge in [-0.3, -0.25) is 4.79 Å². The van der Waals surface area contributed by atoms with Gasteiger partial charge in [-0.2, -0.15) is 0 Å². The molecule has 5 nitrogen and oxygen atoms in total. The third-order valence-electron chi connectivity index (χ3n) is 5.06. The number of carbonyl (C=O) groups is 1. The van der Waals surface area contributed by atoms with E-state index in [1.165, 1.54) is 24.5 Å². The molecule has 0 radical (unpaired) electrons. The van der Waals surface area contributed by atoms with Crippen LogP contribution in [0.1, 0.15) is 60.4 Å². The lowest BCUT2D eigenvalue weighted by Crippen LogP contribution is -2.49. The lowest BCUT2D eigenvalue weighted by atomic mass is 9.98. The lowest BCUT2D eigenvalue weighted by molar-refractivity contribution is -0.274. The van der Waals surface area contributed by atoms with Crippen molar-refractivity contribution in [2.75, 3.05) is 6.54 Å². The number of amides is 1. The van der Waals surface area contributed by atoms with Crippen molar-refractivity contribution >= 4 is 5.91 Å². The first-order valence-electron chi connectivity index (χ1n) is 9.64. The van der Waals surface area contributed by atoms with Crippen molar-refractivity contribution in [2.45, 2.75) is 58.4 Å². The topological polar surface area (TPSA) is 55.3 Å². The molecule has 2 heterocycles. The number of halogens is 3. The van der Waals surface area contributed by atoms with E-state index in [4.69, 9.17) is 0 Å². The van der Waals surface area contributed by atoms with Gasteiger partial charge in [0.15, 0.2) is 0 Å². The minimum atomic E-state index is -4.73. The van der Waals surface area contributed by atoms with Gasteiger partial charge in [-0.25, -0.2) is 9.97 Å². The van der Waals surface area contributed by atoms with Crippen LogP contribution in [0.15, 0.2) is 30.6 Å². The number of ether oxygens (including phenoxy) is 1. The summed E-state index contributed by atoms with van der Waals surface area (Å²) in [7, 11) is 0. The second-order valence-corrected chi connectivity index (χ2v) is 7.64. The van der Waals surface area contributed by atoms with Crippen molar-refractivity contribution in [3.05, 3.63) is 53.1 Å². The molecule has 0 N–H and O–H groups in total. The highest BCUT2D eigenvalue weighted by Gasteiger charge is 2.31. The van der Waals surface area contributed by atoms with E-state index in [1.807, 2.05) is 26.8 Å². The number of hydrogen-bond donors (Lipinski definition) is 0. The third-order valence-corrected chi connectivity index (χ3v) is 5.06. The maximum atomic E-state index is 12.6. The van der Waals surface area contributed by atoms with E-state index in [1.54, 1.807) is 4.90 Å². The summed E-state index contributed by atoms with van der Waals surface area (Å²) in [6.45, 7) is 6.57. The number of likely N-dealkylation sites (tertiary alicyclic amines) is 1. The number of nitrogens with zero attached hydrogens (tertiary/aromatic N) is 3. The van der Waals surface area contributed by atoms with Gasteiger partial charge in [0.05, 0.1) is 5.56 Å². The molecule has 1 unspecified atom stereocenters. The number of rotatable bonds is 6. The molecular formula is C21H24F3N3O2. The summed E-state index contributed by atoms with van der Waals surface area (Å²) in [5.41, 5.74) is 1.93. The second kappa shape index (κ2) is 8.39. The highest BCUT2D eigenvalue weighted by Crippen LogP contribution is 2.28. The first-order chi connectivity index (χ1) is 13.6. The Labute approximate surface area is 167 Å². The van der Waals surface area contributed by atoms with E-state index in [2.05, 4.69) is 14.7 Å². The van der Waals surface area contributed by atoms with E-state index < -0.39 is 6.36 Å². The van der Waals surface area contributed by atoms with E-state index >= 15 is 0 Å². The fraction of sp³-hybridized carbons (Fsp3) is 0.476. The van der Waals surface area contributed by atoms with Gasteiger partial charge in [0, 0.05) is 31.4 Å². The van der Waals surface area contributed by atoms with Gasteiger partial charge in [0.25, 0.3) is 5.91 Å². The van der Waals surface area contributed by atoms with Crippen LogP contribution in [0, 0.1) is 0 Å². The van der Waals surface area contributed by atoms with Gasteiger partial charge in [-0.15, -0.1) is 13.2 Å². The van der Waals surface area contributed by atoms with Crippen LogP contribution in [0.2, 0.25) is 0 Å². The summed E-state index contributed by atoms with van der Waals surface area (Å²) in [6.07, 6.45) is 0.205. The number of carbonyl (C=O) groups excluding carboxylic acids is 1. The molecule has 1 aromatic heterocycles. The van der Waals surface area contributed by atoms with E-state index in [0.29, 0.717) is 29.8 Å². The third kappa shape index (κ3) is 5.46. The summed E-state index contributed by atoms with van der Waals surface area (Å²) in [4.78, 5) is 22.6. The molecule has 1 fully saturated rings. The van der Waals surface area contributed by atoms with Crippen molar-refractivity contribution in [1.29, 1.82) is 0 Å². The maximum Gasteiger partial charge on any atom is 0.573 e. The van der Waals surface area contributed by atoms with Gasteiger partial charge < -0.3 is 9.64 Å². The molecule has 0 spiro atoms. The number of alkyl halides is 3. The predicted octanol–water partition coefficient (Wildman–Crippen LogP) is 4.52. The normalized spacial score (nSPS) is 16.7. The van der Waals surface area contributed by atoms with Gasteiger partial charge >= 0.3 is 6.36 Å². The van der Waals surface area contributed by atoms with Crippen molar-refractivity contribution in [1.82, 2.24) is 14.9 Å². The largest absolute Gasteiger partial charge is 0.573 e. The van der Waals surface area contributed by atoms with Crippen LogP contribution in [0.5, 0.6) is 5.75 Å². The number of aromatic nitrogens is 2. The molecule has 29 heavy (non-hydrogen) atoms. The van der Waals surface area contributed by atoms with Gasteiger partial charge in [-0.05, 0) is 48.9 Å². The zero-order valence-electron chi connectivity index (χ0n) is 16.7. The summed E-state index contributed by atoms with van der Waals surface area (Å²) >= 11 is 0. The van der Waals surface area contributed by atoms with Gasteiger partial charge in [0.2, 0.25) is 0 Å². The molecule has 1 aliphatic heterocycles. The Bertz CT molecular complexity index is 866. The van der Waals surface area contributed by atoms with Crippen molar-refractivity contribution in [3.63, 3.8) is 0 Å². The van der Waals surface area contributed by atoms with Crippen molar-refractivity contribution in [3.8, 4) is 5.75 Å². The highest BCUT2D eigenvalue weighted by molar-refractivity contribution is 5.94. The molecule has 1 aromatic carbocycles. The molecule has 0 bridgehead atoms. The monoisotopic (exact) mass is 407 g/mol. The predicted molar refractivity (Wildman–Crippen MR) is 102 cm³/mol. The molecule has 1 amide bonds. The molecule has 1 aliphatic rings. The Morgan fingerprint density at radius 1 is 1.21 bits per heavy atom. The van der Waals surface area contributed by atoms with Crippen LogP contribution in [0.4, 0.5) is 13.2 Å². The number of benzene rings is 1. The summed E-state index contributed by atoms with van der Waals surface area (Å²) < 4.78 is 41.9. The lowest BCUT2D eigenvalue weighted by Gasteiger charge is -2.38. The molecule has 3 rings (SSSR count). The van der Waals surface area contributed by atoms with Gasteiger partial charge in [0.1, 0.15) is 11.6 Å². The van der Waals surface area contributed by atoms with E-state index in [0.717, 1.165) is 18.5 Å². The Kier molecular flexibility index (Phi) is 6.10. The van der Waals surface area contributed by atoms with Crippen molar-refractivity contribution in [2.24, 2.45) is 0 Å². The average Bonchev–Trinajstić information content (AvgIpc) is 2.64. The summed E-state index contributed by atoms with van der Waals surface area (Å²) in [6, 6.07) is 4.91. The van der Waals surface area contributed by atoms with Crippen LogP contribution in [0.3, 0.4) is 0 Å². The Morgan fingerprint density at radius 3 is 2.41 bits per heavy atom. The quantitative estimate of drug-likeness (QED) is 0.707. The maximum absolute atomic E-state index is 12.6. The molecule has 156 valence electrons. The smallest absolute Gasteiger partial charge is 0.406 e. The molecule has 1 saturated heterocycles. The van der Waals surface area contributed by atoms with E-state index in [-0.39, 0.29) is 23.6 Å². The average molecular weight is 407 g/mol. The molecule has 2 aromatic rings. The first-order valence-corrected chi connectivity index (χ1v) is 9.64. The Balaban J connectivity index is 1.68. The van der Waals surface area contributed by atoms with Crippen LogP contribution >= 0.6 is 0 Å². The Hall–Kier alpha value is -2.64. The number of aryl methyl sites for hydroxylation is 2. The minimum absolute atomic E-state index is 0.0657. The standard InChI is InChI=1S/C21H24F3N3O2/c1-13(2)16-8-15(9-18(10-16)29-21(22,23)24)4-5-19-25-11-17(12-26-19)20(28)27-7-6-14(27)3/h8-14H,4-7H2,1-3H3. The second-order valence-electron chi connectivity index (χ2n) is 7.64. The van der Waals surface area contributed by atoms with Crippen molar-refractivity contribution < 1.29 is 22.7 Å². The van der Waals surface area contributed by atoms with Gasteiger partial charge in [-0.1, -0.05) is 19.9 Å². The van der Waals surface area contributed by atoms with E-state index in [9.17, 15) is 18.0 Å². The molecule has 8 heteroatoms. The summed E-state index contributed by atoms with van der Waals surface area (Å²) in [5, 5.41) is 0. The van der Waals surface area contributed by atoms with Crippen LogP contribution in [-0.4, -0.2) is 39.7 Å². The fourth-order valence-corrected chi connectivity index (χ4v) is 3.19. The Morgan fingerprint density at radius 2 is 1.90 bits per heavy atom. The highest BCUT2D eigenvalue weighted by atomic mass is 19.4.